The SMILES string of the molecule is CC(C)C1(C)N=C(C2=C(C(=O)O)/C=C(/C3CCCCCCC3)CC/C=C\2)NC1=O. The topological polar surface area (TPSA) is 78.8 Å². The van der Waals surface area contributed by atoms with Gasteiger partial charge in [0.2, 0.25) is 0 Å². The van der Waals surface area contributed by atoms with Crippen LogP contribution < -0.4 is 5.32 Å². The van der Waals surface area contributed by atoms with Gasteiger partial charge in [0.05, 0.1) is 5.57 Å². The largest absolute Gasteiger partial charge is 0.478 e. The smallest absolute Gasteiger partial charge is 0.336 e. The van der Waals surface area contributed by atoms with Crippen LogP contribution in [0.4, 0.5) is 0 Å². The van der Waals surface area contributed by atoms with Crippen LogP contribution in [-0.2, 0) is 9.59 Å². The third-order valence-electron chi connectivity index (χ3n) is 6.78. The van der Waals surface area contributed by atoms with Gasteiger partial charge in [0.1, 0.15) is 11.4 Å². The van der Waals surface area contributed by atoms with E-state index in [0.717, 1.165) is 25.7 Å². The lowest BCUT2D eigenvalue weighted by atomic mass is 9.82. The molecule has 0 radical (unpaired) electrons. The summed E-state index contributed by atoms with van der Waals surface area (Å²) >= 11 is 0. The number of carbonyl (C=O) groups excluding carboxylic acids is 1. The number of allylic oxidation sites excluding steroid dienone is 2. The van der Waals surface area contributed by atoms with E-state index in [2.05, 4.69) is 10.3 Å². The average Bonchev–Trinajstić information content (AvgIpc) is 2.91. The molecule has 3 aliphatic rings. The molecule has 29 heavy (non-hydrogen) atoms. The maximum atomic E-state index is 12.6. The number of amides is 1. The van der Waals surface area contributed by atoms with Gasteiger partial charge in [-0.3, -0.25) is 9.79 Å². The summed E-state index contributed by atoms with van der Waals surface area (Å²) in [6.45, 7) is 5.72. The molecule has 2 aliphatic carbocycles. The Labute approximate surface area is 174 Å². The average molecular weight is 399 g/mol. The summed E-state index contributed by atoms with van der Waals surface area (Å²) in [5, 5.41) is 12.9. The molecular weight excluding hydrogens is 364 g/mol. The Hall–Kier alpha value is -2.17. The first-order valence-electron chi connectivity index (χ1n) is 11.1. The summed E-state index contributed by atoms with van der Waals surface area (Å²) < 4.78 is 0. The molecule has 1 fully saturated rings. The Morgan fingerprint density at radius 2 is 1.86 bits per heavy atom. The zero-order valence-corrected chi connectivity index (χ0v) is 18.0. The third kappa shape index (κ3) is 4.71. The molecule has 1 aliphatic heterocycles. The van der Waals surface area contributed by atoms with Gasteiger partial charge in [-0.15, -0.1) is 0 Å². The fourth-order valence-corrected chi connectivity index (χ4v) is 4.47. The zero-order chi connectivity index (χ0) is 21.0. The van der Waals surface area contributed by atoms with Crippen molar-refractivity contribution in [1.29, 1.82) is 0 Å². The summed E-state index contributed by atoms with van der Waals surface area (Å²) in [6, 6.07) is 0. The van der Waals surface area contributed by atoms with Crippen LogP contribution in [0.25, 0.3) is 0 Å². The molecule has 2 N–H and O–H groups in total. The molecular formula is C24H34N2O3. The molecule has 1 heterocycles. The summed E-state index contributed by atoms with van der Waals surface area (Å²) in [4.78, 5) is 29.4. The minimum atomic E-state index is -0.968. The molecule has 5 heteroatoms. The van der Waals surface area contributed by atoms with Crippen LogP contribution in [0.5, 0.6) is 0 Å². The number of hydrogen-bond donors (Lipinski definition) is 2. The van der Waals surface area contributed by atoms with Crippen LogP contribution in [0.2, 0.25) is 0 Å². The van der Waals surface area contributed by atoms with Crippen molar-refractivity contribution < 1.29 is 14.7 Å². The van der Waals surface area contributed by atoms with Crippen molar-refractivity contribution in [2.24, 2.45) is 16.8 Å². The van der Waals surface area contributed by atoms with Crippen LogP contribution in [0, 0.1) is 11.8 Å². The molecule has 0 spiro atoms. The highest BCUT2D eigenvalue weighted by molar-refractivity contribution is 6.19. The molecule has 5 nitrogen and oxygen atoms in total. The van der Waals surface area contributed by atoms with Gasteiger partial charge in [0, 0.05) is 5.57 Å². The van der Waals surface area contributed by atoms with E-state index in [9.17, 15) is 14.7 Å². The predicted octanol–water partition coefficient (Wildman–Crippen LogP) is 4.95. The van der Waals surface area contributed by atoms with Crippen molar-refractivity contribution in [3.63, 3.8) is 0 Å². The number of carboxylic acids is 1. The van der Waals surface area contributed by atoms with Crippen molar-refractivity contribution in [3.05, 3.63) is 34.9 Å². The van der Waals surface area contributed by atoms with Gasteiger partial charge in [0.15, 0.2) is 0 Å². The van der Waals surface area contributed by atoms with E-state index in [4.69, 9.17) is 0 Å². The van der Waals surface area contributed by atoms with Gasteiger partial charge in [-0.05, 0) is 50.5 Å². The first kappa shape index (κ1) is 21.5. The number of aliphatic imine (C=N–C) groups is 1. The number of nitrogens with zero attached hydrogens (tertiary/aromatic N) is 1. The molecule has 0 aromatic carbocycles. The van der Waals surface area contributed by atoms with Crippen LogP contribution in [0.1, 0.15) is 78.6 Å². The zero-order valence-electron chi connectivity index (χ0n) is 18.0. The van der Waals surface area contributed by atoms with Crippen LogP contribution in [0.15, 0.2) is 39.9 Å². The summed E-state index contributed by atoms with van der Waals surface area (Å²) in [5.74, 6) is -0.273. The number of amidine groups is 1. The van der Waals surface area contributed by atoms with Crippen LogP contribution in [-0.4, -0.2) is 28.4 Å². The second-order valence-electron chi connectivity index (χ2n) is 9.05. The molecule has 0 aromatic heterocycles. The van der Waals surface area contributed by atoms with Crippen molar-refractivity contribution in [2.75, 3.05) is 0 Å². The molecule has 1 unspecified atom stereocenters. The fourth-order valence-electron chi connectivity index (χ4n) is 4.47. The Morgan fingerprint density at radius 1 is 1.21 bits per heavy atom. The second kappa shape index (κ2) is 9.10. The highest BCUT2D eigenvalue weighted by Gasteiger charge is 2.42. The first-order chi connectivity index (χ1) is 13.8. The van der Waals surface area contributed by atoms with Gasteiger partial charge in [0.25, 0.3) is 5.91 Å². The molecule has 0 saturated heterocycles. The quantitative estimate of drug-likeness (QED) is 0.703. The van der Waals surface area contributed by atoms with E-state index in [0.29, 0.717) is 17.3 Å². The summed E-state index contributed by atoms with van der Waals surface area (Å²) in [5.41, 5.74) is 1.12. The minimum Gasteiger partial charge on any atom is -0.478 e. The number of nitrogens with one attached hydrogen (secondary N) is 1. The van der Waals surface area contributed by atoms with E-state index in [-0.39, 0.29) is 17.4 Å². The van der Waals surface area contributed by atoms with E-state index < -0.39 is 11.5 Å². The summed E-state index contributed by atoms with van der Waals surface area (Å²) in [6.07, 6.45) is 16.1. The number of aliphatic carboxylic acids is 1. The molecule has 1 amide bonds. The predicted molar refractivity (Wildman–Crippen MR) is 116 cm³/mol. The van der Waals surface area contributed by atoms with E-state index in [1.54, 1.807) is 0 Å². The van der Waals surface area contributed by atoms with Crippen LogP contribution in [0.3, 0.4) is 0 Å². The van der Waals surface area contributed by atoms with Crippen LogP contribution >= 0.6 is 0 Å². The lowest BCUT2D eigenvalue weighted by Crippen LogP contribution is -2.41. The number of rotatable bonds is 4. The highest BCUT2D eigenvalue weighted by Crippen LogP contribution is 2.34. The normalized spacial score (nSPS) is 32.3. The standard InChI is InChI=1S/C24H34N2O3/c1-16(2)24(3)23(29)25-21(26-24)19-14-10-9-13-18(15-20(19)22(27)28)17-11-7-5-4-6-8-12-17/h10,14-17H,4-9,11-13H2,1-3H3,(H,27,28)(H,25,26,29)/b14-10-,18-15+,20-19-. The molecule has 0 aromatic rings. The molecule has 1 saturated carbocycles. The lowest BCUT2D eigenvalue weighted by molar-refractivity contribution is -0.132. The molecule has 158 valence electrons. The molecule has 0 bridgehead atoms. The van der Waals surface area contributed by atoms with Crippen molar-refractivity contribution >= 4 is 17.7 Å². The van der Waals surface area contributed by atoms with Gasteiger partial charge in [-0.25, -0.2) is 4.79 Å². The molecule has 1 atom stereocenters. The maximum Gasteiger partial charge on any atom is 0.336 e. The maximum absolute atomic E-state index is 12.6. The van der Waals surface area contributed by atoms with Gasteiger partial charge in [-0.1, -0.05) is 63.7 Å². The third-order valence-corrected chi connectivity index (χ3v) is 6.78. The Morgan fingerprint density at radius 3 is 2.45 bits per heavy atom. The number of hydrogen-bond acceptors (Lipinski definition) is 3. The first-order valence-corrected chi connectivity index (χ1v) is 11.1. The monoisotopic (exact) mass is 398 g/mol. The van der Waals surface area contributed by atoms with Crippen molar-refractivity contribution in [3.8, 4) is 0 Å². The highest BCUT2D eigenvalue weighted by atomic mass is 16.4. The number of carbonyl (C=O) groups is 2. The van der Waals surface area contributed by atoms with E-state index in [1.165, 1.54) is 37.7 Å². The van der Waals surface area contributed by atoms with Gasteiger partial charge < -0.3 is 10.4 Å². The van der Waals surface area contributed by atoms with Gasteiger partial charge in [-0.2, -0.15) is 0 Å². The Balaban J connectivity index is 2.02. The van der Waals surface area contributed by atoms with Gasteiger partial charge >= 0.3 is 5.97 Å². The second-order valence-corrected chi connectivity index (χ2v) is 9.05. The summed E-state index contributed by atoms with van der Waals surface area (Å²) in [7, 11) is 0. The minimum absolute atomic E-state index is 0.0208. The van der Waals surface area contributed by atoms with Crippen molar-refractivity contribution in [1.82, 2.24) is 5.32 Å². The molecule has 3 rings (SSSR count). The van der Waals surface area contributed by atoms with E-state index in [1.807, 2.05) is 39.0 Å². The number of carboxylic acid groups (broad SMARTS) is 1. The Bertz CT molecular complexity index is 780. The lowest BCUT2D eigenvalue weighted by Gasteiger charge is -2.24. The van der Waals surface area contributed by atoms with Crippen molar-refractivity contribution in [2.45, 2.75) is 84.1 Å². The Kier molecular flexibility index (Phi) is 6.76. The van der Waals surface area contributed by atoms with E-state index >= 15 is 0 Å². The fraction of sp³-hybridized carbons (Fsp3) is 0.625.